The molecule has 0 saturated carbocycles. The maximum Gasteiger partial charge on any atom is 0.178 e. The van der Waals surface area contributed by atoms with Gasteiger partial charge in [0.05, 0.1) is 19.2 Å². The summed E-state index contributed by atoms with van der Waals surface area (Å²) >= 11 is 0. The molecule has 20 heavy (non-hydrogen) atoms. The van der Waals surface area contributed by atoms with Crippen LogP contribution in [0.5, 0.6) is 5.75 Å². The average Bonchev–Trinajstić information content (AvgIpc) is 2.92. The lowest BCUT2D eigenvalue weighted by Crippen LogP contribution is -2.45. The fourth-order valence-corrected chi connectivity index (χ4v) is 2.68. The Morgan fingerprint density at radius 3 is 2.90 bits per heavy atom. The highest BCUT2D eigenvalue weighted by Gasteiger charge is 2.18. The zero-order chi connectivity index (χ0) is 13.9. The van der Waals surface area contributed by atoms with Crippen LogP contribution in [0, 0.1) is 0 Å². The topological polar surface area (TPSA) is 57.4 Å². The van der Waals surface area contributed by atoms with Crippen molar-refractivity contribution in [2.24, 2.45) is 0 Å². The molecule has 1 aliphatic rings. The van der Waals surface area contributed by atoms with Crippen molar-refractivity contribution in [3.63, 3.8) is 0 Å². The number of H-pyrrole nitrogens is 1. The first-order valence-corrected chi connectivity index (χ1v) is 6.90. The van der Waals surface area contributed by atoms with E-state index in [1.807, 2.05) is 18.2 Å². The van der Waals surface area contributed by atoms with Crippen molar-refractivity contribution in [1.82, 2.24) is 15.2 Å². The van der Waals surface area contributed by atoms with Crippen molar-refractivity contribution >= 4 is 16.7 Å². The first kappa shape index (κ1) is 13.1. The Morgan fingerprint density at radius 2 is 2.15 bits per heavy atom. The molecule has 1 saturated heterocycles. The van der Waals surface area contributed by atoms with E-state index in [2.05, 4.69) is 15.2 Å². The smallest absolute Gasteiger partial charge is 0.178 e. The number of carbonyl (C=O) groups excluding carboxylic acids is 1. The van der Waals surface area contributed by atoms with Crippen LogP contribution in [0.25, 0.3) is 10.9 Å². The average molecular weight is 273 g/mol. The van der Waals surface area contributed by atoms with Crippen LogP contribution in [-0.2, 0) is 0 Å². The molecule has 0 aliphatic carbocycles. The minimum absolute atomic E-state index is 0.159. The van der Waals surface area contributed by atoms with Gasteiger partial charge in [0.1, 0.15) is 5.75 Å². The standard InChI is InChI=1S/C15H19N3O2/c1-20-14-4-2-3-11-12(9-17-15(11)14)13(19)10-18-7-5-16-6-8-18/h2-4,9,16-17H,5-8,10H2,1H3. The first-order valence-electron chi connectivity index (χ1n) is 6.90. The number of ether oxygens (including phenoxy) is 1. The van der Waals surface area contributed by atoms with Gasteiger partial charge in [-0.1, -0.05) is 12.1 Å². The highest BCUT2D eigenvalue weighted by atomic mass is 16.5. The third kappa shape index (κ3) is 2.42. The van der Waals surface area contributed by atoms with E-state index in [4.69, 9.17) is 4.74 Å². The Morgan fingerprint density at radius 1 is 1.35 bits per heavy atom. The molecule has 5 heteroatoms. The van der Waals surface area contributed by atoms with Crippen LogP contribution >= 0.6 is 0 Å². The molecular formula is C15H19N3O2. The second-order valence-electron chi connectivity index (χ2n) is 5.03. The van der Waals surface area contributed by atoms with Gasteiger partial charge in [0.2, 0.25) is 0 Å². The number of hydrogen-bond acceptors (Lipinski definition) is 4. The van der Waals surface area contributed by atoms with Crippen molar-refractivity contribution < 1.29 is 9.53 Å². The maximum atomic E-state index is 12.5. The summed E-state index contributed by atoms with van der Waals surface area (Å²) in [6.45, 7) is 4.24. The van der Waals surface area contributed by atoms with Crippen LogP contribution in [0.3, 0.4) is 0 Å². The van der Waals surface area contributed by atoms with E-state index >= 15 is 0 Å². The number of piperazine rings is 1. The van der Waals surface area contributed by atoms with Crippen LogP contribution in [-0.4, -0.2) is 55.5 Å². The molecule has 1 aromatic carbocycles. The maximum absolute atomic E-state index is 12.5. The number of nitrogens with one attached hydrogen (secondary N) is 2. The zero-order valence-corrected chi connectivity index (χ0v) is 11.6. The van der Waals surface area contributed by atoms with Gasteiger partial charge in [-0.2, -0.15) is 0 Å². The molecule has 0 unspecified atom stereocenters. The molecule has 1 aliphatic heterocycles. The lowest BCUT2D eigenvalue weighted by molar-refractivity contribution is 0.0923. The molecule has 2 N–H and O–H groups in total. The number of carbonyl (C=O) groups is 1. The van der Waals surface area contributed by atoms with Gasteiger partial charge >= 0.3 is 0 Å². The second kappa shape index (κ2) is 5.64. The number of methoxy groups -OCH3 is 1. The van der Waals surface area contributed by atoms with E-state index < -0.39 is 0 Å². The number of Topliss-reactive ketones (excluding diaryl/α,β-unsaturated/α-hetero) is 1. The van der Waals surface area contributed by atoms with Gasteiger partial charge in [-0.15, -0.1) is 0 Å². The molecule has 2 aromatic rings. The number of aromatic nitrogens is 1. The van der Waals surface area contributed by atoms with Crippen LogP contribution in [0.15, 0.2) is 24.4 Å². The van der Waals surface area contributed by atoms with Crippen LogP contribution in [0.2, 0.25) is 0 Å². The number of ketones is 1. The Hall–Kier alpha value is -1.85. The molecular weight excluding hydrogens is 254 g/mol. The summed E-state index contributed by atoms with van der Waals surface area (Å²) in [5.41, 5.74) is 1.64. The Kier molecular flexibility index (Phi) is 3.71. The predicted octanol–water partition coefficient (Wildman–Crippen LogP) is 1.26. The number of rotatable bonds is 4. The molecule has 106 valence electrons. The van der Waals surface area contributed by atoms with E-state index in [1.165, 1.54) is 0 Å². The molecule has 2 heterocycles. The predicted molar refractivity (Wildman–Crippen MR) is 78.5 cm³/mol. The summed E-state index contributed by atoms with van der Waals surface area (Å²) in [6, 6.07) is 5.76. The van der Waals surface area contributed by atoms with E-state index in [1.54, 1.807) is 13.3 Å². The lowest BCUT2D eigenvalue weighted by Gasteiger charge is -2.26. The van der Waals surface area contributed by atoms with Gasteiger partial charge in [-0.25, -0.2) is 0 Å². The number of para-hydroxylation sites is 1. The van der Waals surface area contributed by atoms with Crippen LogP contribution < -0.4 is 10.1 Å². The van der Waals surface area contributed by atoms with Gasteiger partial charge in [0.25, 0.3) is 0 Å². The van der Waals surface area contributed by atoms with E-state index in [0.717, 1.165) is 48.4 Å². The van der Waals surface area contributed by atoms with Gasteiger partial charge in [0, 0.05) is 43.3 Å². The summed E-state index contributed by atoms with van der Waals surface area (Å²) in [4.78, 5) is 17.8. The van der Waals surface area contributed by atoms with Crippen molar-refractivity contribution in [1.29, 1.82) is 0 Å². The second-order valence-corrected chi connectivity index (χ2v) is 5.03. The van der Waals surface area contributed by atoms with Crippen LogP contribution in [0.4, 0.5) is 0 Å². The van der Waals surface area contributed by atoms with Crippen molar-refractivity contribution in [3.8, 4) is 5.75 Å². The number of hydrogen-bond donors (Lipinski definition) is 2. The summed E-state index contributed by atoms with van der Waals surface area (Å²) in [5.74, 6) is 0.926. The zero-order valence-electron chi connectivity index (χ0n) is 11.6. The SMILES string of the molecule is COc1cccc2c(C(=O)CN3CCNCC3)c[nH]c12. The normalized spacial score (nSPS) is 16.4. The fourth-order valence-electron chi connectivity index (χ4n) is 2.68. The minimum atomic E-state index is 0.159. The highest BCUT2D eigenvalue weighted by Crippen LogP contribution is 2.27. The van der Waals surface area contributed by atoms with E-state index in [9.17, 15) is 4.79 Å². The summed E-state index contributed by atoms with van der Waals surface area (Å²) in [7, 11) is 1.64. The molecule has 1 fully saturated rings. The molecule has 0 amide bonds. The molecule has 0 atom stereocenters. The molecule has 0 radical (unpaired) electrons. The molecule has 0 spiro atoms. The summed E-state index contributed by atoms with van der Waals surface area (Å²) in [6.07, 6.45) is 1.79. The molecule has 1 aromatic heterocycles. The number of nitrogens with zero attached hydrogens (tertiary/aromatic N) is 1. The van der Waals surface area contributed by atoms with Crippen LogP contribution in [0.1, 0.15) is 10.4 Å². The summed E-state index contributed by atoms with van der Waals surface area (Å²) < 4.78 is 5.31. The Balaban J connectivity index is 1.84. The summed E-state index contributed by atoms with van der Waals surface area (Å²) in [5, 5.41) is 4.23. The third-order valence-corrected chi connectivity index (χ3v) is 3.77. The quantitative estimate of drug-likeness (QED) is 0.824. The van der Waals surface area contributed by atoms with Gasteiger partial charge in [-0.05, 0) is 6.07 Å². The highest BCUT2D eigenvalue weighted by molar-refractivity contribution is 6.09. The third-order valence-electron chi connectivity index (χ3n) is 3.77. The first-order chi connectivity index (χ1) is 9.79. The lowest BCUT2D eigenvalue weighted by atomic mass is 10.1. The van der Waals surface area contributed by atoms with Gasteiger partial charge in [-0.3, -0.25) is 9.69 Å². The van der Waals surface area contributed by atoms with E-state index in [-0.39, 0.29) is 5.78 Å². The van der Waals surface area contributed by atoms with Crippen molar-refractivity contribution in [3.05, 3.63) is 30.0 Å². The fraction of sp³-hybridized carbons (Fsp3) is 0.400. The Labute approximate surface area is 117 Å². The largest absolute Gasteiger partial charge is 0.495 e. The monoisotopic (exact) mass is 273 g/mol. The number of fused-ring (bicyclic) bond motifs is 1. The Bertz CT molecular complexity index is 615. The number of aromatic amines is 1. The minimum Gasteiger partial charge on any atom is -0.495 e. The molecule has 3 rings (SSSR count). The van der Waals surface area contributed by atoms with Gasteiger partial charge in [0.15, 0.2) is 5.78 Å². The molecule has 0 bridgehead atoms. The van der Waals surface area contributed by atoms with Crippen molar-refractivity contribution in [2.45, 2.75) is 0 Å². The van der Waals surface area contributed by atoms with Gasteiger partial charge < -0.3 is 15.0 Å². The molecule has 5 nitrogen and oxygen atoms in total. The van der Waals surface area contributed by atoms with Crippen molar-refractivity contribution in [2.75, 3.05) is 39.8 Å². The number of benzene rings is 1. The van der Waals surface area contributed by atoms with E-state index in [0.29, 0.717) is 6.54 Å².